The highest BCUT2D eigenvalue weighted by atomic mass is 16.4. The standard InChI is InChI=1S/C17H18N2O2/c1-3-4-8-13-16-12(10-14(18-13)17(20)21)11-7-5-6-9-15(11)19(16)2/h5-7,9-10H,3-4,8H2,1-2H3,(H,20,21). The second-order valence-electron chi connectivity index (χ2n) is 5.34. The molecule has 3 rings (SSSR count). The molecule has 0 bridgehead atoms. The summed E-state index contributed by atoms with van der Waals surface area (Å²) in [5, 5.41) is 11.4. The number of carboxylic acid groups (broad SMARTS) is 1. The molecule has 0 radical (unpaired) electrons. The average molecular weight is 282 g/mol. The first-order chi connectivity index (χ1) is 10.1. The summed E-state index contributed by atoms with van der Waals surface area (Å²) in [7, 11) is 2.02. The monoisotopic (exact) mass is 282 g/mol. The summed E-state index contributed by atoms with van der Waals surface area (Å²) >= 11 is 0. The number of pyridine rings is 1. The molecular formula is C17H18N2O2. The second kappa shape index (κ2) is 5.20. The molecule has 0 atom stereocenters. The van der Waals surface area contributed by atoms with Crippen LogP contribution in [-0.2, 0) is 13.5 Å². The van der Waals surface area contributed by atoms with Gasteiger partial charge in [-0.3, -0.25) is 0 Å². The topological polar surface area (TPSA) is 55.1 Å². The number of carboxylic acids is 1. The van der Waals surface area contributed by atoms with Gasteiger partial charge in [-0.1, -0.05) is 31.5 Å². The molecule has 2 heterocycles. The minimum Gasteiger partial charge on any atom is -0.477 e. The van der Waals surface area contributed by atoms with E-state index in [4.69, 9.17) is 0 Å². The van der Waals surface area contributed by atoms with E-state index in [1.165, 1.54) is 0 Å². The Morgan fingerprint density at radius 1 is 1.29 bits per heavy atom. The Morgan fingerprint density at radius 3 is 2.76 bits per heavy atom. The number of para-hydroxylation sites is 1. The molecule has 21 heavy (non-hydrogen) atoms. The smallest absolute Gasteiger partial charge is 0.354 e. The highest BCUT2D eigenvalue weighted by molar-refractivity contribution is 6.10. The summed E-state index contributed by atoms with van der Waals surface area (Å²) in [5.74, 6) is -0.970. The van der Waals surface area contributed by atoms with Crippen LogP contribution >= 0.6 is 0 Å². The number of aryl methyl sites for hydroxylation is 2. The third-order valence-corrected chi connectivity index (χ3v) is 3.94. The Kier molecular flexibility index (Phi) is 3.37. The van der Waals surface area contributed by atoms with Crippen LogP contribution in [0, 0.1) is 0 Å². The minimum absolute atomic E-state index is 0.130. The zero-order valence-corrected chi connectivity index (χ0v) is 12.3. The average Bonchev–Trinajstić information content (AvgIpc) is 2.79. The summed E-state index contributed by atoms with van der Waals surface area (Å²) in [6.45, 7) is 2.12. The van der Waals surface area contributed by atoms with Gasteiger partial charge in [0.05, 0.1) is 11.2 Å². The van der Waals surface area contributed by atoms with Gasteiger partial charge in [-0.15, -0.1) is 0 Å². The molecule has 1 N–H and O–H groups in total. The van der Waals surface area contributed by atoms with E-state index >= 15 is 0 Å². The molecular weight excluding hydrogens is 264 g/mol. The van der Waals surface area contributed by atoms with E-state index in [9.17, 15) is 9.90 Å². The lowest BCUT2D eigenvalue weighted by molar-refractivity contribution is 0.0690. The summed E-state index contributed by atoms with van der Waals surface area (Å²) in [6, 6.07) is 9.76. The normalized spacial score (nSPS) is 11.3. The SMILES string of the molecule is CCCCc1nc(C(=O)O)cc2c3ccccc3n(C)c12. The number of hydrogen-bond acceptors (Lipinski definition) is 2. The van der Waals surface area contributed by atoms with E-state index in [1.54, 1.807) is 6.07 Å². The van der Waals surface area contributed by atoms with Crippen LogP contribution in [0.3, 0.4) is 0 Å². The Bertz CT molecular complexity index is 834. The Hall–Kier alpha value is -2.36. The maximum Gasteiger partial charge on any atom is 0.354 e. The second-order valence-corrected chi connectivity index (χ2v) is 5.34. The number of hydrogen-bond donors (Lipinski definition) is 1. The van der Waals surface area contributed by atoms with Gasteiger partial charge in [0.15, 0.2) is 0 Å². The highest BCUT2D eigenvalue weighted by Gasteiger charge is 2.16. The molecule has 1 aromatic carbocycles. The third-order valence-electron chi connectivity index (χ3n) is 3.94. The fourth-order valence-electron chi connectivity index (χ4n) is 2.91. The van der Waals surface area contributed by atoms with Crippen LogP contribution in [0.4, 0.5) is 0 Å². The first kappa shape index (κ1) is 13.6. The van der Waals surface area contributed by atoms with Crippen LogP contribution in [-0.4, -0.2) is 20.6 Å². The van der Waals surface area contributed by atoms with Gasteiger partial charge in [0.1, 0.15) is 5.69 Å². The lowest BCUT2D eigenvalue weighted by Gasteiger charge is -2.06. The number of nitrogens with zero attached hydrogens (tertiary/aromatic N) is 2. The summed E-state index contributed by atoms with van der Waals surface area (Å²) in [4.78, 5) is 15.7. The van der Waals surface area contributed by atoms with Crippen molar-refractivity contribution in [1.29, 1.82) is 0 Å². The Labute approximate surface area is 123 Å². The molecule has 3 aromatic rings. The van der Waals surface area contributed by atoms with Crippen molar-refractivity contribution in [1.82, 2.24) is 9.55 Å². The Morgan fingerprint density at radius 2 is 2.05 bits per heavy atom. The summed E-state index contributed by atoms with van der Waals surface area (Å²) in [5.41, 5.74) is 3.17. The number of carbonyl (C=O) groups is 1. The Balaban J connectivity index is 2.39. The predicted molar refractivity (Wildman–Crippen MR) is 83.8 cm³/mol. The van der Waals surface area contributed by atoms with Gasteiger partial charge in [0.2, 0.25) is 0 Å². The summed E-state index contributed by atoms with van der Waals surface area (Å²) in [6.07, 6.45) is 2.87. The van der Waals surface area contributed by atoms with Gasteiger partial charge in [0, 0.05) is 23.3 Å². The maximum atomic E-state index is 11.3. The lowest BCUT2D eigenvalue weighted by Crippen LogP contribution is -2.05. The number of aromatic nitrogens is 2. The van der Waals surface area contributed by atoms with Crippen molar-refractivity contribution in [2.24, 2.45) is 7.05 Å². The molecule has 0 aliphatic rings. The van der Waals surface area contributed by atoms with Crippen molar-refractivity contribution in [3.8, 4) is 0 Å². The molecule has 4 heteroatoms. The maximum absolute atomic E-state index is 11.3. The van der Waals surface area contributed by atoms with Crippen molar-refractivity contribution in [2.45, 2.75) is 26.2 Å². The van der Waals surface area contributed by atoms with Crippen molar-refractivity contribution in [2.75, 3.05) is 0 Å². The van der Waals surface area contributed by atoms with E-state index in [0.29, 0.717) is 0 Å². The molecule has 0 aliphatic heterocycles. The quantitative estimate of drug-likeness (QED) is 0.792. The fraction of sp³-hybridized carbons (Fsp3) is 0.294. The van der Waals surface area contributed by atoms with Crippen LogP contribution < -0.4 is 0 Å². The van der Waals surface area contributed by atoms with Crippen LogP contribution in [0.2, 0.25) is 0 Å². The molecule has 0 amide bonds. The van der Waals surface area contributed by atoms with Gasteiger partial charge in [-0.25, -0.2) is 9.78 Å². The molecule has 0 spiro atoms. The zero-order valence-electron chi connectivity index (χ0n) is 12.3. The highest BCUT2D eigenvalue weighted by Crippen LogP contribution is 2.30. The van der Waals surface area contributed by atoms with Gasteiger partial charge in [0.25, 0.3) is 0 Å². The number of aromatic carboxylic acids is 1. The van der Waals surface area contributed by atoms with Crippen LogP contribution in [0.15, 0.2) is 30.3 Å². The van der Waals surface area contributed by atoms with Crippen molar-refractivity contribution in [3.05, 3.63) is 41.7 Å². The fourth-order valence-corrected chi connectivity index (χ4v) is 2.91. The number of rotatable bonds is 4. The van der Waals surface area contributed by atoms with E-state index < -0.39 is 5.97 Å². The number of fused-ring (bicyclic) bond motifs is 3. The van der Waals surface area contributed by atoms with Gasteiger partial charge >= 0.3 is 5.97 Å². The van der Waals surface area contributed by atoms with Crippen LogP contribution in [0.1, 0.15) is 35.9 Å². The largest absolute Gasteiger partial charge is 0.477 e. The van der Waals surface area contributed by atoms with Gasteiger partial charge in [-0.05, 0) is 25.0 Å². The number of benzene rings is 1. The van der Waals surface area contributed by atoms with E-state index in [0.717, 1.165) is 46.8 Å². The van der Waals surface area contributed by atoms with E-state index in [1.807, 2.05) is 25.2 Å². The molecule has 0 aliphatic carbocycles. The van der Waals surface area contributed by atoms with Crippen molar-refractivity contribution in [3.63, 3.8) is 0 Å². The van der Waals surface area contributed by atoms with E-state index in [2.05, 4.69) is 22.5 Å². The molecule has 0 unspecified atom stereocenters. The zero-order chi connectivity index (χ0) is 15.0. The first-order valence-electron chi connectivity index (χ1n) is 7.23. The van der Waals surface area contributed by atoms with Crippen molar-refractivity contribution >= 4 is 27.8 Å². The lowest BCUT2D eigenvalue weighted by atomic mass is 10.1. The van der Waals surface area contributed by atoms with Crippen LogP contribution in [0.5, 0.6) is 0 Å². The first-order valence-corrected chi connectivity index (χ1v) is 7.23. The summed E-state index contributed by atoms with van der Waals surface area (Å²) < 4.78 is 2.12. The molecule has 108 valence electrons. The van der Waals surface area contributed by atoms with E-state index in [-0.39, 0.29) is 5.69 Å². The molecule has 2 aromatic heterocycles. The predicted octanol–water partition coefficient (Wildman–Crippen LogP) is 3.77. The number of unbranched alkanes of at least 4 members (excludes halogenated alkanes) is 1. The van der Waals surface area contributed by atoms with Crippen molar-refractivity contribution < 1.29 is 9.90 Å². The van der Waals surface area contributed by atoms with Crippen LogP contribution in [0.25, 0.3) is 21.8 Å². The molecule has 0 saturated heterocycles. The molecule has 0 fully saturated rings. The van der Waals surface area contributed by atoms with Gasteiger partial charge < -0.3 is 9.67 Å². The van der Waals surface area contributed by atoms with Gasteiger partial charge in [-0.2, -0.15) is 0 Å². The third kappa shape index (κ3) is 2.17. The molecule has 0 saturated carbocycles. The molecule has 4 nitrogen and oxygen atoms in total. The minimum atomic E-state index is -0.970.